The molecular weight excluding hydrogens is 1070 g/mol. The zero-order valence-electron chi connectivity index (χ0n) is 52.8. The standard InChI is InChI=1S/C60H109N11O12/c1-14-17-19-20-21-22-28-45(54(79)66-47(37-40(6)7)55(80)70-60(12,13)58(83)68-46(36-39(4)5)52(77)62-32-31-49(74)63-41(8)38-61-33-35-72)67-57(82)59(10,11)69-51(76)42(9)64-53(78)44(29-23-27-43(73)26-18-15-2)65-56(81)48-30-24-34-71(48)50(75)25-16-3/h39-42,44-48,61,72H,14-38H2,1-13H3,(H,62,77)(H,63,74)(H,64,78)(H,65,81)(H,66,79)(H,67,82)(H,68,83)(H,69,76)(H,70,80)/t41-,42-,44-,45-,46-,47-,48?/m0/s1. The van der Waals surface area contributed by atoms with E-state index in [4.69, 9.17) is 5.11 Å². The van der Waals surface area contributed by atoms with Gasteiger partial charge in [-0.3, -0.25) is 52.7 Å². The lowest BCUT2D eigenvalue weighted by atomic mass is 9.97. The van der Waals surface area contributed by atoms with Gasteiger partial charge in [-0.1, -0.05) is 93.4 Å². The average Bonchev–Trinajstić information content (AvgIpc) is 3.99. The van der Waals surface area contributed by atoms with Gasteiger partial charge < -0.3 is 63.2 Å². The Morgan fingerprint density at radius 3 is 1.65 bits per heavy atom. The molecule has 0 radical (unpaired) electrons. The summed E-state index contributed by atoms with van der Waals surface area (Å²) in [4.78, 5) is 151. The molecule has 0 aromatic rings. The Kier molecular flexibility index (Phi) is 36.1. The molecule has 0 aromatic heterocycles. The molecule has 0 aromatic carbocycles. The molecular formula is C60H109N11O12. The lowest BCUT2D eigenvalue weighted by Gasteiger charge is -2.32. The first kappa shape index (κ1) is 75.3. The first-order valence-electron chi connectivity index (χ1n) is 30.9. The van der Waals surface area contributed by atoms with Gasteiger partial charge >= 0.3 is 0 Å². The molecule has 1 heterocycles. The van der Waals surface area contributed by atoms with Gasteiger partial charge in [0.1, 0.15) is 53.1 Å². The second-order valence-corrected chi connectivity index (χ2v) is 24.4. The minimum atomic E-state index is -1.65. The van der Waals surface area contributed by atoms with Gasteiger partial charge in [0, 0.05) is 57.9 Å². The zero-order chi connectivity index (χ0) is 62.9. The summed E-state index contributed by atoms with van der Waals surface area (Å²) in [7, 11) is 0. The number of rotatable bonds is 43. The molecule has 1 rings (SSSR count). The molecule has 1 unspecified atom stereocenters. The highest BCUT2D eigenvalue weighted by atomic mass is 16.3. The molecule has 10 amide bonds. The average molecular weight is 1180 g/mol. The third-order valence-electron chi connectivity index (χ3n) is 14.4. The van der Waals surface area contributed by atoms with E-state index in [9.17, 15) is 52.7 Å². The number of unbranched alkanes of at least 4 members (excludes halogenated alkanes) is 6. The smallest absolute Gasteiger partial charge is 0.245 e. The number of hydrogen-bond donors (Lipinski definition) is 11. The van der Waals surface area contributed by atoms with Gasteiger partial charge in [-0.05, 0) is 111 Å². The van der Waals surface area contributed by atoms with Crippen LogP contribution in [-0.2, 0) is 52.7 Å². The number of nitrogens with one attached hydrogen (secondary N) is 10. The topological polar surface area (TPSA) is 332 Å². The Morgan fingerprint density at radius 1 is 0.530 bits per heavy atom. The second kappa shape index (κ2) is 39.8. The molecule has 1 fully saturated rings. The van der Waals surface area contributed by atoms with Crippen LogP contribution in [0.3, 0.4) is 0 Å². The number of amides is 10. The van der Waals surface area contributed by atoms with Crippen molar-refractivity contribution in [1.82, 2.24) is 58.1 Å². The Labute approximate surface area is 495 Å². The molecule has 1 saturated heterocycles. The van der Waals surface area contributed by atoms with Crippen molar-refractivity contribution in [1.29, 1.82) is 0 Å². The van der Waals surface area contributed by atoms with Crippen LogP contribution < -0.4 is 53.2 Å². The van der Waals surface area contributed by atoms with E-state index in [-0.39, 0.29) is 93.6 Å². The highest BCUT2D eigenvalue weighted by Gasteiger charge is 2.40. The van der Waals surface area contributed by atoms with Crippen molar-refractivity contribution >= 4 is 64.9 Å². The maximum absolute atomic E-state index is 14.4. The van der Waals surface area contributed by atoms with Crippen molar-refractivity contribution in [2.24, 2.45) is 11.8 Å². The summed E-state index contributed by atoms with van der Waals surface area (Å²) >= 11 is 0. The van der Waals surface area contributed by atoms with E-state index >= 15 is 0 Å². The molecule has 0 bridgehead atoms. The van der Waals surface area contributed by atoms with Crippen molar-refractivity contribution in [3.05, 3.63) is 0 Å². The second-order valence-electron chi connectivity index (χ2n) is 24.4. The minimum absolute atomic E-state index is 0.00838. The van der Waals surface area contributed by atoms with Gasteiger partial charge in [-0.2, -0.15) is 0 Å². The van der Waals surface area contributed by atoms with Crippen molar-refractivity contribution in [3.8, 4) is 0 Å². The molecule has 23 heteroatoms. The fourth-order valence-electron chi connectivity index (χ4n) is 9.51. The number of aliphatic hydroxyl groups is 1. The SMILES string of the molecule is CCCCCCCC[C@H](NC(=O)C(C)(C)NC(=O)[C@H](C)NC(=O)[C@H](CCCC(=O)CCCC)NC(=O)C1CCCN1C(=O)CCC)C(=O)N[C@@H](CC(C)C)C(=O)NC(C)(C)C(=O)N[C@@H](CC(C)C)C(=O)NCCC(=O)N[C@@H](C)CNCCO. The third-order valence-corrected chi connectivity index (χ3v) is 14.4. The summed E-state index contributed by atoms with van der Waals surface area (Å²) in [5, 5.41) is 36.8. The molecule has 1 aliphatic rings. The highest BCUT2D eigenvalue weighted by molar-refractivity contribution is 5.99. The number of hydrogen-bond acceptors (Lipinski definition) is 13. The van der Waals surface area contributed by atoms with Crippen molar-refractivity contribution in [2.45, 2.75) is 272 Å². The van der Waals surface area contributed by atoms with Crippen LogP contribution in [0, 0.1) is 11.8 Å². The Morgan fingerprint density at radius 2 is 1.06 bits per heavy atom. The third kappa shape index (κ3) is 30.1. The summed E-state index contributed by atoms with van der Waals surface area (Å²) in [5.41, 5.74) is -3.24. The molecule has 83 heavy (non-hydrogen) atoms. The number of Topliss-reactive ketones (excluding diaryl/α,β-unsaturated/α-hetero) is 1. The minimum Gasteiger partial charge on any atom is -0.395 e. The number of nitrogens with zero attached hydrogens (tertiary/aromatic N) is 1. The number of likely N-dealkylation sites (tertiary alicyclic amines) is 1. The largest absolute Gasteiger partial charge is 0.395 e. The van der Waals surface area contributed by atoms with E-state index in [0.717, 1.165) is 44.9 Å². The van der Waals surface area contributed by atoms with E-state index in [1.54, 1.807) is 6.92 Å². The van der Waals surface area contributed by atoms with E-state index in [1.807, 2.05) is 41.5 Å². The van der Waals surface area contributed by atoms with Crippen LogP contribution in [0.15, 0.2) is 0 Å². The van der Waals surface area contributed by atoms with Crippen molar-refractivity contribution < 1.29 is 57.8 Å². The fraction of sp³-hybridized carbons (Fsp3) is 0.817. The maximum atomic E-state index is 14.4. The molecule has 476 valence electrons. The van der Waals surface area contributed by atoms with Crippen LogP contribution in [0.1, 0.15) is 218 Å². The molecule has 0 saturated carbocycles. The first-order valence-corrected chi connectivity index (χ1v) is 30.9. The van der Waals surface area contributed by atoms with Crippen LogP contribution in [0.2, 0.25) is 0 Å². The zero-order valence-corrected chi connectivity index (χ0v) is 52.8. The van der Waals surface area contributed by atoms with Crippen molar-refractivity contribution in [2.75, 3.05) is 32.8 Å². The number of aliphatic hydroxyl groups excluding tert-OH is 1. The van der Waals surface area contributed by atoms with Gasteiger partial charge in [0.2, 0.25) is 59.1 Å². The normalized spacial score (nSPS) is 15.7. The maximum Gasteiger partial charge on any atom is 0.245 e. The monoisotopic (exact) mass is 1180 g/mol. The summed E-state index contributed by atoms with van der Waals surface area (Å²) in [6.45, 7) is 23.8. The summed E-state index contributed by atoms with van der Waals surface area (Å²) in [6, 6.07) is -6.66. The van der Waals surface area contributed by atoms with Crippen LogP contribution in [-0.4, -0.2) is 161 Å². The fourth-order valence-corrected chi connectivity index (χ4v) is 9.51. The summed E-state index contributed by atoms with van der Waals surface area (Å²) in [5.74, 6) is -5.71. The van der Waals surface area contributed by atoms with Crippen LogP contribution in [0.5, 0.6) is 0 Å². The molecule has 7 atom stereocenters. The number of ketones is 1. The molecule has 23 nitrogen and oxygen atoms in total. The number of carbonyl (C=O) groups excluding carboxylic acids is 11. The van der Waals surface area contributed by atoms with Gasteiger partial charge in [0.05, 0.1) is 6.61 Å². The van der Waals surface area contributed by atoms with E-state index in [1.165, 1.54) is 39.5 Å². The van der Waals surface area contributed by atoms with E-state index < -0.39 is 94.6 Å². The van der Waals surface area contributed by atoms with Gasteiger partial charge in [-0.15, -0.1) is 0 Å². The lowest BCUT2D eigenvalue weighted by Crippen LogP contribution is -2.64. The molecule has 11 N–H and O–H groups in total. The van der Waals surface area contributed by atoms with Crippen molar-refractivity contribution in [3.63, 3.8) is 0 Å². The molecule has 0 aliphatic carbocycles. The Balaban J connectivity index is 3.27. The van der Waals surface area contributed by atoms with E-state index in [0.29, 0.717) is 58.2 Å². The van der Waals surface area contributed by atoms with Crippen LogP contribution in [0.4, 0.5) is 0 Å². The highest BCUT2D eigenvalue weighted by Crippen LogP contribution is 2.20. The van der Waals surface area contributed by atoms with Gasteiger partial charge in [-0.25, -0.2) is 0 Å². The predicted molar refractivity (Wildman–Crippen MR) is 320 cm³/mol. The Bertz CT molecular complexity index is 2090. The first-order chi connectivity index (χ1) is 39.0. The summed E-state index contributed by atoms with van der Waals surface area (Å²) < 4.78 is 0. The molecule has 1 aliphatic heterocycles. The molecule has 0 spiro atoms. The Hall–Kier alpha value is -5.71. The predicted octanol–water partition coefficient (Wildman–Crippen LogP) is 3.38. The van der Waals surface area contributed by atoms with Crippen LogP contribution >= 0.6 is 0 Å². The summed E-state index contributed by atoms with van der Waals surface area (Å²) in [6.07, 6.45) is 10.4. The number of carbonyl (C=O) groups is 11. The van der Waals surface area contributed by atoms with Gasteiger partial charge in [0.15, 0.2) is 0 Å². The van der Waals surface area contributed by atoms with Gasteiger partial charge in [0.25, 0.3) is 0 Å². The van der Waals surface area contributed by atoms with Crippen LogP contribution in [0.25, 0.3) is 0 Å². The quantitative estimate of drug-likeness (QED) is 0.0391. The van der Waals surface area contributed by atoms with E-state index in [2.05, 4.69) is 60.1 Å². The lowest BCUT2D eigenvalue weighted by molar-refractivity contribution is -0.140.